The highest BCUT2D eigenvalue weighted by Crippen LogP contribution is 2.21. The number of hydrogen-bond donors (Lipinski definition) is 2. The molecular weight excluding hydrogens is 491 g/mol. The molecule has 0 amide bonds. The Hall–Kier alpha value is -1.84. The molecule has 1 unspecified atom stereocenters. The second-order valence-electron chi connectivity index (χ2n) is 7.58. The van der Waals surface area contributed by atoms with Crippen LogP contribution < -0.4 is 15.4 Å². The van der Waals surface area contributed by atoms with Crippen molar-refractivity contribution in [3.8, 4) is 5.75 Å². The molecule has 2 N–H and O–H groups in total. The van der Waals surface area contributed by atoms with Gasteiger partial charge in [0.2, 0.25) is 0 Å². The van der Waals surface area contributed by atoms with Crippen LogP contribution in [0.2, 0.25) is 0 Å². The smallest absolute Gasteiger partial charge is 0.191 e. The molecule has 1 aliphatic heterocycles. The van der Waals surface area contributed by atoms with Gasteiger partial charge in [-0.3, -0.25) is 0 Å². The van der Waals surface area contributed by atoms with Gasteiger partial charge in [-0.2, -0.15) is 0 Å². The third-order valence-electron chi connectivity index (χ3n) is 5.46. The first-order chi connectivity index (χ1) is 14.2. The molecule has 0 aliphatic carbocycles. The Balaban J connectivity index is 0.00000320. The van der Waals surface area contributed by atoms with Crippen molar-refractivity contribution in [3.05, 3.63) is 41.5 Å². The van der Waals surface area contributed by atoms with E-state index >= 15 is 0 Å². The molecule has 1 aromatic carbocycles. The van der Waals surface area contributed by atoms with E-state index in [0.717, 1.165) is 55.8 Å². The fourth-order valence-corrected chi connectivity index (χ4v) is 3.66. The number of aryl methyl sites for hydroxylation is 1. The highest BCUT2D eigenvalue weighted by molar-refractivity contribution is 14.0. The molecule has 1 aliphatic rings. The SMILES string of the molecule is CCNC(=NCc1nnc2n1CCCCC2)NCCC(C)c1ccc(OC)cc1.I. The summed E-state index contributed by atoms with van der Waals surface area (Å²) in [6.07, 6.45) is 5.72. The first-order valence-electron chi connectivity index (χ1n) is 10.8. The minimum absolute atomic E-state index is 0. The largest absolute Gasteiger partial charge is 0.497 e. The van der Waals surface area contributed by atoms with E-state index in [1.807, 2.05) is 12.1 Å². The predicted molar refractivity (Wildman–Crippen MR) is 132 cm³/mol. The van der Waals surface area contributed by atoms with E-state index in [0.29, 0.717) is 12.5 Å². The number of fused-ring (bicyclic) bond motifs is 1. The molecule has 30 heavy (non-hydrogen) atoms. The normalized spacial score (nSPS) is 14.8. The Bertz CT molecular complexity index is 789. The predicted octanol–water partition coefficient (Wildman–Crippen LogP) is 3.88. The van der Waals surface area contributed by atoms with Crippen LogP contribution in [0.4, 0.5) is 0 Å². The fourth-order valence-electron chi connectivity index (χ4n) is 3.66. The minimum Gasteiger partial charge on any atom is -0.497 e. The number of hydrogen-bond acceptors (Lipinski definition) is 4. The highest BCUT2D eigenvalue weighted by Gasteiger charge is 2.14. The average Bonchev–Trinajstić information content (AvgIpc) is 2.97. The van der Waals surface area contributed by atoms with Crippen LogP contribution in [0.3, 0.4) is 0 Å². The van der Waals surface area contributed by atoms with E-state index < -0.39 is 0 Å². The van der Waals surface area contributed by atoms with Gasteiger partial charge in [0, 0.05) is 26.1 Å². The van der Waals surface area contributed by atoms with Gasteiger partial charge in [-0.15, -0.1) is 34.2 Å². The highest BCUT2D eigenvalue weighted by atomic mass is 127. The molecule has 0 radical (unpaired) electrons. The molecule has 3 rings (SSSR count). The first kappa shape index (κ1) is 24.4. The number of nitrogens with one attached hydrogen (secondary N) is 2. The zero-order valence-corrected chi connectivity index (χ0v) is 20.7. The van der Waals surface area contributed by atoms with Gasteiger partial charge in [-0.25, -0.2) is 4.99 Å². The van der Waals surface area contributed by atoms with Crippen molar-refractivity contribution in [2.75, 3.05) is 20.2 Å². The molecule has 7 nitrogen and oxygen atoms in total. The average molecular weight is 526 g/mol. The van der Waals surface area contributed by atoms with Gasteiger partial charge in [-0.05, 0) is 49.8 Å². The second-order valence-corrected chi connectivity index (χ2v) is 7.58. The molecule has 1 atom stereocenters. The molecule has 2 aromatic rings. The number of aromatic nitrogens is 3. The summed E-state index contributed by atoms with van der Waals surface area (Å²) < 4.78 is 7.50. The van der Waals surface area contributed by atoms with Crippen molar-refractivity contribution in [3.63, 3.8) is 0 Å². The van der Waals surface area contributed by atoms with Gasteiger partial charge in [0.15, 0.2) is 11.8 Å². The lowest BCUT2D eigenvalue weighted by Gasteiger charge is -2.15. The van der Waals surface area contributed by atoms with Crippen molar-refractivity contribution in [1.82, 2.24) is 25.4 Å². The number of halogens is 1. The molecule has 0 bridgehead atoms. The fraction of sp³-hybridized carbons (Fsp3) is 0.591. The lowest BCUT2D eigenvalue weighted by Crippen LogP contribution is -2.38. The third-order valence-corrected chi connectivity index (χ3v) is 5.46. The maximum atomic E-state index is 5.24. The zero-order chi connectivity index (χ0) is 20.5. The van der Waals surface area contributed by atoms with Crippen LogP contribution in [-0.4, -0.2) is 40.9 Å². The van der Waals surface area contributed by atoms with Crippen molar-refractivity contribution in [2.24, 2.45) is 4.99 Å². The molecule has 0 saturated carbocycles. The van der Waals surface area contributed by atoms with E-state index in [2.05, 4.69) is 51.4 Å². The Morgan fingerprint density at radius 1 is 1.17 bits per heavy atom. The van der Waals surface area contributed by atoms with Crippen molar-refractivity contribution < 1.29 is 4.74 Å². The van der Waals surface area contributed by atoms with Crippen LogP contribution in [0, 0.1) is 0 Å². The Labute approximate surface area is 197 Å². The third kappa shape index (κ3) is 6.85. The second kappa shape index (κ2) is 12.8. The van der Waals surface area contributed by atoms with Gasteiger partial charge in [0.1, 0.15) is 18.1 Å². The van der Waals surface area contributed by atoms with E-state index in [4.69, 9.17) is 9.73 Å². The number of ether oxygens (including phenoxy) is 1. The first-order valence-corrected chi connectivity index (χ1v) is 10.8. The van der Waals surface area contributed by atoms with Crippen LogP contribution in [0.25, 0.3) is 0 Å². The van der Waals surface area contributed by atoms with Crippen LogP contribution in [0.5, 0.6) is 5.75 Å². The molecule has 166 valence electrons. The number of nitrogens with zero attached hydrogens (tertiary/aromatic N) is 4. The Morgan fingerprint density at radius 2 is 1.97 bits per heavy atom. The summed E-state index contributed by atoms with van der Waals surface area (Å²) in [6.45, 7) is 7.58. The molecule has 1 aromatic heterocycles. The molecule has 8 heteroatoms. The van der Waals surface area contributed by atoms with E-state index in [1.54, 1.807) is 7.11 Å². The van der Waals surface area contributed by atoms with Crippen LogP contribution in [0.1, 0.15) is 62.7 Å². The van der Waals surface area contributed by atoms with Gasteiger partial charge >= 0.3 is 0 Å². The minimum atomic E-state index is 0. The zero-order valence-electron chi connectivity index (χ0n) is 18.4. The molecular formula is C22H35IN6O. The topological polar surface area (TPSA) is 76.4 Å². The summed E-state index contributed by atoms with van der Waals surface area (Å²) in [4.78, 5) is 4.74. The van der Waals surface area contributed by atoms with Crippen LogP contribution in [-0.2, 0) is 19.5 Å². The summed E-state index contributed by atoms with van der Waals surface area (Å²) in [5.41, 5.74) is 1.32. The van der Waals surface area contributed by atoms with E-state index in [1.165, 1.54) is 24.8 Å². The maximum absolute atomic E-state index is 5.24. The summed E-state index contributed by atoms with van der Waals surface area (Å²) in [7, 11) is 1.70. The number of aliphatic imine (C=N–C) groups is 1. The van der Waals surface area contributed by atoms with Crippen molar-refractivity contribution in [1.29, 1.82) is 0 Å². The van der Waals surface area contributed by atoms with Crippen molar-refractivity contribution in [2.45, 2.75) is 65.0 Å². The molecule has 0 spiro atoms. The standard InChI is InChI=1S/C22H34N6O.HI/c1-4-23-22(24-14-13-17(2)18-9-11-19(29-3)12-10-18)25-16-21-27-26-20-8-6-5-7-15-28(20)21;/h9-12,17H,4-8,13-16H2,1-3H3,(H2,23,24,25);1H. The van der Waals surface area contributed by atoms with Crippen LogP contribution >= 0.6 is 24.0 Å². The van der Waals surface area contributed by atoms with E-state index in [9.17, 15) is 0 Å². The van der Waals surface area contributed by atoms with Crippen molar-refractivity contribution >= 4 is 29.9 Å². The van der Waals surface area contributed by atoms with Gasteiger partial charge < -0.3 is 19.9 Å². The molecule has 0 fully saturated rings. The van der Waals surface area contributed by atoms with Gasteiger partial charge in [0.25, 0.3) is 0 Å². The molecule has 2 heterocycles. The monoisotopic (exact) mass is 526 g/mol. The number of rotatable bonds is 8. The number of methoxy groups -OCH3 is 1. The number of benzene rings is 1. The van der Waals surface area contributed by atoms with Gasteiger partial charge in [-0.1, -0.05) is 25.5 Å². The van der Waals surface area contributed by atoms with Gasteiger partial charge in [0.05, 0.1) is 7.11 Å². The Morgan fingerprint density at radius 3 is 2.70 bits per heavy atom. The quantitative estimate of drug-likeness (QED) is 0.310. The maximum Gasteiger partial charge on any atom is 0.191 e. The summed E-state index contributed by atoms with van der Waals surface area (Å²) in [6, 6.07) is 8.32. The lowest BCUT2D eigenvalue weighted by atomic mass is 9.98. The number of guanidine groups is 1. The summed E-state index contributed by atoms with van der Waals surface area (Å²) >= 11 is 0. The Kier molecular flexibility index (Phi) is 10.4. The summed E-state index contributed by atoms with van der Waals surface area (Å²) in [5, 5.41) is 15.5. The molecule has 0 saturated heterocycles. The summed E-state index contributed by atoms with van der Waals surface area (Å²) in [5.74, 6) is 4.26. The lowest BCUT2D eigenvalue weighted by molar-refractivity contribution is 0.414. The van der Waals surface area contributed by atoms with Crippen LogP contribution in [0.15, 0.2) is 29.3 Å². The van der Waals surface area contributed by atoms with E-state index in [-0.39, 0.29) is 24.0 Å².